The Morgan fingerprint density at radius 1 is 1.00 bits per heavy atom. The number of benzene rings is 1. The summed E-state index contributed by atoms with van der Waals surface area (Å²) in [6.45, 7) is 8.44. The zero-order chi connectivity index (χ0) is 19.0. The van der Waals surface area contributed by atoms with Gasteiger partial charge in [-0.1, -0.05) is 43.7 Å². The van der Waals surface area contributed by atoms with Crippen molar-refractivity contribution in [2.45, 2.75) is 46.5 Å². The van der Waals surface area contributed by atoms with Crippen molar-refractivity contribution in [1.82, 2.24) is 34.3 Å². The second-order valence-corrected chi connectivity index (χ2v) is 6.79. The lowest BCUT2D eigenvalue weighted by Gasteiger charge is -2.12. The Morgan fingerprint density at radius 2 is 1.74 bits per heavy atom. The second kappa shape index (κ2) is 6.90. The van der Waals surface area contributed by atoms with Crippen LogP contribution in [0.4, 0.5) is 0 Å². The Balaban J connectivity index is 2.03. The summed E-state index contributed by atoms with van der Waals surface area (Å²) in [6.07, 6.45) is 5.19. The van der Waals surface area contributed by atoms with Gasteiger partial charge in [-0.3, -0.25) is 0 Å². The SMILES string of the molecule is CCC(CC)c1nc(C)c2c(-n3cncn3)nc(-c3ccc(C)cc3)nn12. The summed E-state index contributed by atoms with van der Waals surface area (Å²) in [4.78, 5) is 13.8. The Bertz CT molecular complexity index is 1060. The van der Waals surface area contributed by atoms with E-state index in [4.69, 9.17) is 15.1 Å². The predicted octanol–water partition coefficient (Wildman–Crippen LogP) is 3.89. The molecule has 0 bridgehead atoms. The minimum absolute atomic E-state index is 0.343. The van der Waals surface area contributed by atoms with Crippen molar-refractivity contribution in [3.63, 3.8) is 0 Å². The second-order valence-electron chi connectivity index (χ2n) is 6.79. The van der Waals surface area contributed by atoms with E-state index in [1.54, 1.807) is 11.0 Å². The highest BCUT2D eigenvalue weighted by Gasteiger charge is 2.22. The van der Waals surface area contributed by atoms with Crippen LogP contribution in [-0.2, 0) is 0 Å². The molecule has 4 aromatic rings. The molecule has 0 aliphatic carbocycles. The summed E-state index contributed by atoms with van der Waals surface area (Å²) in [5, 5.41) is 9.16. The van der Waals surface area contributed by atoms with Crippen LogP contribution >= 0.6 is 0 Å². The molecular weight excluding hydrogens is 338 g/mol. The molecule has 0 radical (unpaired) electrons. The van der Waals surface area contributed by atoms with Crippen molar-refractivity contribution in [1.29, 1.82) is 0 Å². The molecule has 0 atom stereocenters. The van der Waals surface area contributed by atoms with Gasteiger partial charge in [0.05, 0.1) is 5.69 Å². The number of nitrogens with zero attached hydrogens (tertiary/aromatic N) is 7. The third-order valence-electron chi connectivity index (χ3n) is 4.97. The summed E-state index contributed by atoms with van der Waals surface area (Å²) >= 11 is 0. The van der Waals surface area contributed by atoms with E-state index in [1.807, 2.05) is 23.6 Å². The number of imidazole rings is 1. The Hall–Kier alpha value is -3.09. The average Bonchev–Trinajstić information content (AvgIpc) is 3.32. The average molecular weight is 361 g/mol. The fraction of sp³-hybridized carbons (Fsp3) is 0.350. The van der Waals surface area contributed by atoms with E-state index in [0.717, 1.165) is 35.4 Å². The largest absolute Gasteiger partial charge is 0.236 e. The summed E-state index contributed by atoms with van der Waals surface area (Å²) < 4.78 is 3.63. The first-order valence-electron chi connectivity index (χ1n) is 9.31. The van der Waals surface area contributed by atoms with Gasteiger partial charge in [0.1, 0.15) is 24.0 Å². The van der Waals surface area contributed by atoms with Gasteiger partial charge in [0.25, 0.3) is 0 Å². The van der Waals surface area contributed by atoms with E-state index in [0.29, 0.717) is 17.6 Å². The molecule has 138 valence electrons. The molecule has 1 aromatic carbocycles. The van der Waals surface area contributed by atoms with E-state index in [1.165, 1.54) is 11.9 Å². The minimum Gasteiger partial charge on any atom is -0.236 e. The monoisotopic (exact) mass is 361 g/mol. The maximum absolute atomic E-state index is 4.86. The molecule has 0 N–H and O–H groups in total. The van der Waals surface area contributed by atoms with Crippen LogP contribution in [-0.4, -0.2) is 34.3 Å². The van der Waals surface area contributed by atoms with Crippen LogP contribution in [0, 0.1) is 13.8 Å². The van der Waals surface area contributed by atoms with Crippen LogP contribution in [0.25, 0.3) is 22.7 Å². The molecule has 0 unspecified atom stereocenters. The van der Waals surface area contributed by atoms with Gasteiger partial charge in [-0.05, 0) is 26.7 Å². The number of hydrogen-bond acceptors (Lipinski definition) is 5. The Labute approximate surface area is 158 Å². The molecule has 0 aliphatic heterocycles. The molecule has 7 heteroatoms. The van der Waals surface area contributed by atoms with E-state index in [2.05, 4.69) is 43.0 Å². The number of aryl methyl sites for hydroxylation is 2. The summed E-state index contributed by atoms with van der Waals surface area (Å²) in [7, 11) is 0. The van der Waals surface area contributed by atoms with E-state index < -0.39 is 0 Å². The fourth-order valence-corrected chi connectivity index (χ4v) is 3.39. The first kappa shape index (κ1) is 17.3. The third kappa shape index (κ3) is 2.99. The van der Waals surface area contributed by atoms with Gasteiger partial charge in [0.2, 0.25) is 0 Å². The first-order valence-corrected chi connectivity index (χ1v) is 9.31. The van der Waals surface area contributed by atoms with Gasteiger partial charge in [0.15, 0.2) is 11.6 Å². The smallest absolute Gasteiger partial charge is 0.185 e. The topological polar surface area (TPSA) is 73.8 Å². The molecule has 4 rings (SSSR count). The van der Waals surface area contributed by atoms with Gasteiger partial charge in [0, 0.05) is 11.5 Å². The Kier molecular flexibility index (Phi) is 4.43. The minimum atomic E-state index is 0.343. The molecule has 27 heavy (non-hydrogen) atoms. The standard InChI is InChI=1S/C20H23N7/c1-5-15(6-2)19-23-14(4)17-20(26-12-21-11-22-26)24-18(25-27(17)19)16-9-7-13(3)8-10-16/h7-12,15H,5-6H2,1-4H3. The van der Waals surface area contributed by atoms with Crippen molar-refractivity contribution in [2.75, 3.05) is 0 Å². The van der Waals surface area contributed by atoms with Gasteiger partial charge >= 0.3 is 0 Å². The van der Waals surface area contributed by atoms with E-state index in [9.17, 15) is 0 Å². The van der Waals surface area contributed by atoms with Crippen molar-refractivity contribution in [2.24, 2.45) is 0 Å². The molecule has 3 aromatic heterocycles. The zero-order valence-corrected chi connectivity index (χ0v) is 16.1. The van der Waals surface area contributed by atoms with Crippen LogP contribution in [0.2, 0.25) is 0 Å². The molecule has 0 aliphatic rings. The van der Waals surface area contributed by atoms with E-state index in [-0.39, 0.29) is 0 Å². The van der Waals surface area contributed by atoms with Crippen molar-refractivity contribution >= 4 is 5.52 Å². The maximum atomic E-state index is 4.86. The lowest BCUT2D eigenvalue weighted by molar-refractivity contribution is 0.584. The lowest BCUT2D eigenvalue weighted by atomic mass is 10.0. The number of rotatable bonds is 5. The fourth-order valence-electron chi connectivity index (χ4n) is 3.39. The molecule has 0 amide bonds. The first-order chi connectivity index (χ1) is 13.1. The van der Waals surface area contributed by atoms with Crippen LogP contribution in [0.15, 0.2) is 36.9 Å². The summed E-state index contributed by atoms with van der Waals surface area (Å²) in [6, 6.07) is 8.22. The normalized spacial score (nSPS) is 11.6. The zero-order valence-electron chi connectivity index (χ0n) is 16.1. The highest BCUT2D eigenvalue weighted by molar-refractivity contribution is 5.67. The van der Waals surface area contributed by atoms with Crippen LogP contribution in [0.1, 0.15) is 49.7 Å². The van der Waals surface area contributed by atoms with Crippen LogP contribution in [0.5, 0.6) is 0 Å². The molecular formula is C20H23N7. The summed E-state index contributed by atoms with van der Waals surface area (Å²) in [5.41, 5.74) is 3.94. The summed E-state index contributed by atoms with van der Waals surface area (Å²) in [5.74, 6) is 2.66. The van der Waals surface area contributed by atoms with Gasteiger partial charge in [-0.2, -0.15) is 5.10 Å². The molecule has 0 saturated carbocycles. The van der Waals surface area contributed by atoms with Crippen molar-refractivity contribution in [3.8, 4) is 17.2 Å². The molecule has 0 fully saturated rings. The molecule has 7 nitrogen and oxygen atoms in total. The highest BCUT2D eigenvalue weighted by Crippen LogP contribution is 2.28. The van der Waals surface area contributed by atoms with E-state index >= 15 is 0 Å². The molecule has 3 heterocycles. The maximum Gasteiger partial charge on any atom is 0.185 e. The van der Waals surface area contributed by atoms with Gasteiger partial charge < -0.3 is 0 Å². The van der Waals surface area contributed by atoms with Crippen molar-refractivity contribution < 1.29 is 0 Å². The van der Waals surface area contributed by atoms with Gasteiger partial charge in [-0.15, -0.1) is 5.10 Å². The van der Waals surface area contributed by atoms with Gasteiger partial charge in [-0.25, -0.2) is 24.1 Å². The van der Waals surface area contributed by atoms with Crippen LogP contribution in [0.3, 0.4) is 0 Å². The number of aromatic nitrogens is 7. The Morgan fingerprint density at radius 3 is 2.37 bits per heavy atom. The molecule has 0 spiro atoms. The highest BCUT2D eigenvalue weighted by atomic mass is 15.4. The number of hydrogen-bond donors (Lipinski definition) is 0. The number of fused-ring (bicyclic) bond motifs is 1. The van der Waals surface area contributed by atoms with Crippen molar-refractivity contribution in [3.05, 3.63) is 54.0 Å². The predicted molar refractivity (Wildman–Crippen MR) is 104 cm³/mol. The molecule has 0 saturated heterocycles. The quantitative estimate of drug-likeness (QED) is 0.539. The third-order valence-corrected chi connectivity index (χ3v) is 4.97. The lowest BCUT2D eigenvalue weighted by Crippen LogP contribution is -2.10. The van der Waals surface area contributed by atoms with Crippen LogP contribution < -0.4 is 0 Å².